The number of nitrogens with zero attached hydrogens (tertiary/aromatic N) is 3. The maximum Gasteiger partial charge on any atom is 0.295 e. The van der Waals surface area contributed by atoms with E-state index in [0.29, 0.717) is 23.1 Å². The Bertz CT molecular complexity index is 1080. The van der Waals surface area contributed by atoms with Gasteiger partial charge in [0.25, 0.3) is 6.01 Å². The third-order valence-corrected chi connectivity index (χ3v) is 3.44. The van der Waals surface area contributed by atoms with Crippen molar-refractivity contribution in [1.29, 1.82) is 0 Å². The molecule has 0 saturated carbocycles. The Morgan fingerprint density at radius 2 is 2.17 bits per heavy atom. The molecule has 0 aliphatic heterocycles. The normalized spacial score (nSPS) is 10.7. The van der Waals surface area contributed by atoms with Crippen molar-refractivity contribution in [3.8, 4) is 11.8 Å². The van der Waals surface area contributed by atoms with Crippen molar-refractivity contribution in [2.24, 2.45) is 0 Å². The maximum atomic E-state index is 5.89. The molecule has 0 spiro atoms. The number of nitrogen functional groups attached to an aromatic ring is 1. The number of aromatic nitrogens is 4. The molecular weight excluding hydrogens is 292 g/mol. The molecule has 3 aromatic heterocycles. The molecule has 0 atom stereocenters. The van der Waals surface area contributed by atoms with Crippen molar-refractivity contribution in [3.05, 3.63) is 41.9 Å². The molecule has 0 unspecified atom stereocenters. The van der Waals surface area contributed by atoms with Gasteiger partial charge < -0.3 is 20.5 Å². The lowest BCUT2D eigenvalue weighted by molar-refractivity contribution is 0.620. The largest absolute Gasteiger partial charge is 0.424 e. The summed E-state index contributed by atoms with van der Waals surface area (Å²) in [6.07, 6.45) is 3.19. The fourth-order valence-electron chi connectivity index (χ4n) is 2.34. The maximum absolute atomic E-state index is 5.89. The number of nitrogens with one attached hydrogen (secondary N) is 2. The number of fused-ring (bicyclic) bond motifs is 2. The van der Waals surface area contributed by atoms with Crippen molar-refractivity contribution in [2.45, 2.75) is 0 Å². The smallest absolute Gasteiger partial charge is 0.295 e. The average molecular weight is 304 g/mol. The van der Waals surface area contributed by atoms with Gasteiger partial charge in [-0.1, -0.05) is 11.8 Å². The lowest BCUT2D eigenvalue weighted by Gasteiger charge is -1.94. The van der Waals surface area contributed by atoms with E-state index in [2.05, 4.69) is 37.1 Å². The second-order valence-corrected chi connectivity index (χ2v) is 4.89. The molecule has 3 heterocycles. The fourth-order valence-corrected chi connectivity index (χ4v) is 2.34. The molecule has 0 fully saturated rings. The second-order valence-electron chi connectivity index (χ2n) is 4.89. The zero-order valence-electron chi connectivity index (χ0n) is 12.2. The molecule has 7 nitrogen and oxygen atoms in total. The van der Waals surface area contributed by atoms with E-state index < -0.39 is 0 Å². The van der Waals surface area contributed by atoms with Crippen LogP contribution in [0, 0.1) is 11.8 Å². The van der Waals surface area contributed by atoms with Crippen LogP contribution < -0.4 is 11.1 Å². The minimum atomic E-state index is 0.408. The van der Waals surface area contributed by atoms with Gasteiger partial charge in [0.2, 0.25) is 0 Å². The van der Waals surface area contributed by atoms with E-state index in [1.165, 1.54) is 6.33 Å². The van der Waals surface area contributed by atoms with Crippen LogP contribution in [0.25, 0.3) is 22.1 Å². The Labute approximate surface area is 130 Å². The van der Waals surface area contributed by atoms with Crippen molar-refractivity contribution >= 4 is 34.0 Å². The van der Waals surface area contributed by atoms with Gasteiger partial charge in [-0.2, -0.15) is 4.98 Å². The molecule has 23 heavy (non-hydrogen) atoms. The number of anilines is 2. The summed E-state index contributed by atoms with van der Waals surface area (Å²) < 4.78 is 5.49. The highest BCUT2D eigenvalue weighted by Gasteiger charge is 2.07. The van der Waals surface area contributed by atoms with Gasteiger partial charge >= 0.3 is 0 Å². The number of rotatable bonds is 1. The number of hydrogen-bond acceptors (Lipinski definition) is 6. The van der Waals surface area contributed by atoms with Gasteiger partial charge in [-0.15, -0.1) is 0 Å². The lowest BCUT2D eigenvalue weighted by Crippen LogP contribution is -1.92. The Morgan fingerprint density at radius 1 is 1.26 bits per heavy atom. The summed E-state index contributed by atoms with van der Waals surface area (Å²) >= 11 is 0. The predicted molar refractivity (Wildman–Crippen MR) is 87.8 cm³/mol. The first-order chi connectivity index (χ1) is 11.2. The topological polar surface area (TPSA) is 106 Å². The highest BCUT2D eigenvalue weighted by Crippen LogP contribution is 2.21. The quantitative estimate of drug-likeness (QED) is 0.465. The molecule has 4 rings (SSSR count). The van der Waals surface area contributed by atoms with Gasteiger partial charge in [0.15, 0.2) is 5.58 Å². The summed E-state index contributed by atoms with van der Waals surface area (Å²) in [5.41, 5.74) is 9.62. The van der Waals surface area contributed by atoms with Crippen LogP contribution in [0.5, 0.6) is 0 Å². The summed E-state index contributed by atoms with van der Waals surface area (Å²) in [6.45, 7) is 0. The summed E-state index contributed by atoms with van der Waals surface area (Å²) in [4.78, 5) is 15.5. The summed E-state index contributed by atoms with van der Waals surface area (Å²) in [6, 6.07) is 6.09. The molecule has 0 bridgehead atoms. The van der Waals surface area contributed by atoms with Crippen LogP contribution in [0.3, 0.4) is 0 Å². The SMILES string of the molecule is CNc1nc2cc(C#Cc3c[nH]c4ncnc(N)c34)ccc2o1. The van der Waals surface area contributed by atoms with Gasteiger partial charge in [0, 0.05) is 18.8 Å². The van der Waals surface area contributed by atoms with Crippen LogP contribution in [0.4, 0.5) is 11.8 Å². The molecule has 4 aromatic rings. The number of H-pyrrole nitrogens is 1. The summed E-state index contributed by atoms with van der Waals surface area (Å²) in [7, 11) is 1.76. The first kappa shape index (κ1) is 13.2. The van der Waals surface area contributed by atoms with Crippen LogP contribution in [-0.4, -0.2) is 27.0 Å². The first-order valence-corrected chi connectivity index (χ1v) is 6.92. The molecular formula is C16H12N6O. The monoisotopic (exact) mass is 304 g/mol. The van der Waals surface area contributed by atoms with Crippen molar-refractivity contribution < 1.29 is 4.42 Å². The summed E-state index contributed by atoms with van der Waals surface area (Å²) in [5, 5.41) is 3.61. The molecule has 0 aliphatic rings. The molecule has 1 aromatic carbocycles. The molecule has 0 radical (unpaired) electrons. The number of benzene rings is 1. The highest BCUT2D eigenvalue weighted by molar-refractivity contribution is 5.91. The second kappa shape index (κ2) is 5.03. The number of nitrogens with two attached hydrogens (primary N) is 1. The minimum absolute atomic E-state index is 0.408. The number of aromatic amines is 1. The Morgan fingerprint density at radius 3 is 3.04 bits per heavy atom. The van der Waals surface area contributed by atoms with Gasteiger partial charge in [0.1, 0.15) is 23.3 Å². The van der Waals surface area contributed by atoms with E-state index in [1.807, 2.05) is 18.2 Å². The lowest BCUT2D eigenvalue weighted by atomic mass is 10.2. The fraction of sp³-hybridized carbons (Fsp3) is 0.0625. The van der Waals surface area contributed by atoms with E-state index in [4.69, 9.17) is 10.2 Å². The van der Waals surface area contributed by atoms with Crippen LogP contribution >= 0.6 is 0 Å². The molecule has 112 valence electrons. The number of hydrogen-bond donors (Lipinski definition) is 3. The van der Waals surface area contributed by atoms with Crippen LogP contribution in [0.2, 0.25) is 0 Å². The third-order valence-electron chi connectivity index (χ3n) is 3.44. The van der Waals surface area contributed by atoms with Gasteiger partial charge in [-0.05, 0) is 18.2 Å². The number of oxazole rings is 1. The van der Waals surface area contributed by atoms with Crippen molar-refractivity contribution in [3.63, 3.8) is 0 Å². The Balaban J connectivity index is 1.76. The molecule has 4 N–H and O–H groups in total. The van der Waals surface area contributed by atoms with Crippen molar-refractivity contribution in [2.75, 3.05) is 18.1 Å². The van der Waals surface area contributed by atoms with Crippen LogP contribution in [0.15, 0.2) is 35.1 Å². The molecule has 0 amide bonds. The van der Waals surface area contributed by atoms with E-state index in [1.54, 1.807) is 13.2 Å². The average Bonchev–Trinajstić information content (AvgIpc) is 3.16. The first-order valence-electron chi connectivity index (χ1n) is 6.92. The van der Waals surface area contributed by atoms with E-state index in [9.17, 15) is 0 Å². The van der Waals surface area contributed by atoms with E-state index >= 15 is 0 Å². The standard InChI is InChI=1S/C16H12N6O/c1-18-16-22-11-6-9(3-5-12(11)23-16)2-4-10-7-19-15-13(10)14(17)20-8-21-15/h3,5-8H,1H3,(H,18,22)(H3,17,19,20,21). The highest BCUT2D eigenvalue weighted by atomic mass is 16.4. The van der Waals surface area contributed by atoms with Gasteiger partial charge in [-0.3, -0.25) is 0 Å². The third kappa shape index (κ3) is 2.22. The van der Waals surface area contributed by atoms with E-state index in [-0.39, 0.29) is 0 Å². The zero-order valence-corrected chi connectivity index (χ0v) is 12.2. The van der Waals surface area contributed by atoms with Crippen molar-refractivity contribution in [1.82, 2.24) is 19.9 Å². The summed E-state index contributed by atoms with van der Waals surface area (Å²) in [5.74, 6) is 6.61. The minimum Gasteiger partial charge on any atom is -0.424 e. The van der Waals surface area contributed by atoms with Gasteiger partial charge in [-0.25, -0.2) is 9.97 Å². The van der Waals surface area contributed by atoms with E-state index in [0.717, 1.165) is 22.0 Å². The molecule has 0 saturated heterocycles. The Hall–Kier alpha value is -3.53. The molecule has 7 heteroatoms. The van der Waals surface area contributed by atoms with Crippen LogP contribution in [0.1, 0.15) is 11.1 Å². The molecule has 0 aliphatic carbocycles. The Kier molecular flexibility index (Phi) is 2.88. The predicted octanol–water partition coefficient (Wildman–Crippen LogP) is 2.12. The van der Waals surface area contributed by atoms with Crippen LogP contribution in [-0.2, 0) is 0 Å². The van der Waals surface area contributed by atoms with Gasteiger partial charge in [0.05, 0.1) is 10.9 Å². The zero-order chi connectivity index (χ0) is 15.8.